The first-order valence-electron chi connectivity index (χ1n) is 9.86. The Morgan fingerprint density at radius 2 is 1.96 bits per heavy atom. The quantitative estimate of drug-likeness (QED) is 0.499. The van der Waals surface area contributed by atoms with Crippen molar-refractivity contribution in [1.29, 1.82) is 0 Å². The van der Waals surface area contributed by atoms with E-state index < -0.39 is 40.5 Å². The molecule has 1 spiro atoms. The zero-order valence-electron chi connectivity index (χ0n) is 15.7. The largest absolute Gasteiger partial charge is 0.458 e. The lowest BCUT2D eigenvalue weighted by molar-refractivity contribution is -0.228. The smallest absolute Gasteiger partial charge is 0.334 e. The predicted molar refractivity (Wildman–Crippen MR) is 89.4 cm³/mol. The summed E-state index contributed by atoms with van der Waals surface area (Å²) in [4.78, 5) is 25.6. The average molecular weight is 376 g/mol. The zero-order valence-corrected chi connectivity index (χ0v) is 15.7. The van der Waals surface area contributed by atoms with Crippen LogP contribution in [0.15, 0.2) is 11.1 Å². The van der Waals surface area contributed by atoms with E-state index in [0.29, 0.717) is 24.8 Å². The number of hydrogen-bond donors (Lipinski definition) is 2. The second-order valence-electron chi connectivity index (χ2n) is 9.65. The molecule has 0 unspecified atom stereocenters. The molecule has 3 aliphatic carbocycles. The first kappa shape index (κ1) is 16.7. The molecule has 4 fully saturated rings. The van der Waals surface area contributed by atoms with Crippen molar-refractivity contribution in [1.82, 2.24) is 0 Å². The number of hydrogen-bond acceptors (Lipinski definition) is 7. The fraction of sp³-hybridized carbons (Fsp3) is 0.800. The van der Waals surface area contributed by atoms with Gasteiger partial charge in [-0.1, -0.05) is 20.8 Å². The number of fused-ring (bicyclic) bond motifs is 4. The highest BCUT2D eigenvalue weighted by molar-refractivity contribution is 6.04. The van der Waals surface area contributed by atoms with Gasteiger partial charge < -0.3 is 24.4 Å². The summed E-state index contributed by atoms with van der Waals surface area (Å²) in [6.45, 7) is 5.94. The molecule has 0 aromatic rings. The van der Waals surface area contributed by atoms with E-state index in [0.717, 1.165) is 5.57 Å². The molecule has 0 radical (unpaired) electrons. The number of ether oxygens (including phenoxy) is 3. The molecule has 6 aliphatic rings. The van der Waals surface area contributed by atoms with Crippen molar-refractivity contribution in [3.05, 3.63) is 11.1 Å². The van der Waals surface area contributed by atoms with Gasteiger partial charge in [-0.2, -0.15) is 0 Å². The number of esters is 1. The lowest BCUT2D eigenvalue weighted by atomic mass is 9.44. The first-order chi connectivity index (χ1) is 12.7. The molecule has 146 valence electrons. The van der Waals surface area contributed by atoms with Crippen molar-refractivity contribution < 1.29 is 34.0 Å². The van der Waals surface area contributed by atoms with E-state index in [1.54, 1.807) is 0 Å². The maximum absolute atomic E-state index is 13.6. The Kier molecular flexibility index (Phi) is 2.67. The summed E-state index contributed by atoms with van der Waals surface area (Å²) < 4.78 is 17.0. The number of carbonyl (C=O) groups excluding carboxylic acids is 2. The molecule has 7 nitrogen and oxygen atoms in total. The number of aliphatic hydroxyl groups excluding tert-OH is 1. The molecule has 2 saturated heterocycles. The van der Waals surface area contributed by atoms with Crippen molar-refractivity contribution in [2.45, 2.75) is 75.1 Å². The minimum atomic E-state index is -1.74. The SMILES string of the molecule is CC(C)[C@]12O[C@H]1[C@H](O)[C@@]1(O)[C@@]3(C)CCC4=C(COC4=O)[C@@H]3C[C@@H]3O[C@@]31C2=O. The number of rotatable bonds is 1. The van der Waals surface area contributed by atoms with Crippen molar-refractivity contribution in [2.75, 3.05) is 6.61 Å². The summed E-state index contributed by atoms with van der Waals surface area (Å²) in [5, 5.41) is 23.3. The van der Waals surface area contributed by atoms with Gasteiger partial charge in [0.05, 0.1) is 6.10 Å². The summed E-state index contributed by atoms with van der Waals surface area (Å²) >= 11 is 0. The van der Waals surface area contributed by atoms with Gasteiger partial charge in [-0.05, 0) is 36.7 Å². The lowest BCUT2D eigenvalue weighted by Gasteiger charge is -2.59. The molecule has 0 amide bonds. The van der Waals surface area contributed by atoms with E-state index >= 15 is 0 Å². The molecule has 2 N–H and O–H groups in total. The van der Waals surface area contributed by atoms with Crippen LogP contribution in [0.25, 0.3) is 0 Å². The third-order valence-corrected chi connectivity index (χ3v) is 8.64. The van der Waals surface area contributed by atoms with Crippen molar-refractivity contribution in [2.24, 2.45) is 17.3 Å². The van der Waals surface area contributed by atoms with Crippen LogP contribution >= 0.6 is 0 Å². The molecular weight excluding hydrogens is 352 g/mol. The molecule has 7 heteroatoms. The highest BCUT2D eigenvalue weighted by atomic mass is 16.7. The van der Waals surface area contributed by atoms with Crippen LogP contribution in [0, 0.1) is 17.3 Å². The van der Waals surface area contributed by atoms with E-state index in [9.17, 15) is 19.8 Å². The fourth-order valence-electron chi connectivity index (χ4n) is 7.03. The normalized spacial score (nSPS) is 57.4. The summed E-state index contributed by atoms with van der Waals surface area (Å²) in [5.41, 5.74) is -3.40. The van der Waals surface area contributed by atoms with Gasteiger partial charge in [0.1, 0.15) is 24.4 Å². The van der Waals surface area contributed by atoms with Gasteiger partial charge in [0.15, 0.2) is 11.2 Å². The molecule has 2 saturated carbocycles. The Balaban J connectivity index is 1.52. The van der Waals surface area contributed by atoms with Crippen molar-refractivity contribution in [3.8, 4) is 0 Å². The van der Waals surface area contributed by atoms with Gasteiger partial charge in [0, 0.05) is 11.0 Å². The Hall–Kier alpha value is -1.28. The zero-order chi connectivity index (χ0) is 19.1. The van der Waals surface area contributed by atoms with Crippen molar-refractivity contribution >= 4 is 11.8 Å². The Bertz CT molecular complexity index is 847. The van der Waals surface area contributed by atoms with Gasteiger partial charge >= 0.3 is 5.97 Å². The van der Waals surface area contributed by atoms with E-state index in [2.05, 4.69) is 0 Å². The van der Waals surface area contributed by atoms with Gasteiger partial charge in [-0.25, -0.2) is 4.79 Å². The molecule has 3 aliphatic heterocycles. The van der Waals surface area contributed by atoms with E-state index in [-0.39, 0.29) is 30.2 Å². The van der Waals surface area contributed by atoms with Crippen LogP contribution in [0.4, 0.5) is 0 Å². The number of carbonyl (C=O) groups is 2. The van der Waals surface area contributed by atoms with E-state index in [1.807, 2.05) is 20.8 Å². The maximum atomic E-state index is 13.6. The summed E-state index contributed by atoms with van der Waals surface area (Å²) in [6.07, 6.45) is -0.872. The van der Waals surface area contributed by atoms with Crippen LogP contribution in [0.5, 0.6) is 0 Å². The third kappa shape index (κ3) is 1.39. The fourth-order valence-corrected chi connectivity index (χ4v) is 7.03. The van der Waals surface area contributed by atoms with Crippen LogP contribution in [0.1, 0.15) is 40.0 Å². The molecule has 0 aromatic heterocycles. The number of ketones is 1. The van der Waals surface area contributed by atoms with Crippen LogP contribution < -0.4 is 0 Å². The molecule has 6 rings (SSSR count). The lowest BCUT2D eigenvalue weighted by Crippen LogP contribution is -2.78. The molecule has 0 bridgehead atoms. The second-order valence-corrected chi connectivity index (χ2v) is 9.65. The van der Waals surface area contributed by atoms with Gasteiger partial charge in [-0.15, -0.1) is 0 Å². The summed E-state index contributed by atoms with van der Waals surface area (Å²) in [5.74, 6) is -0.769. The molecular formula is C20H24O7. The highest BCUT2D eigenvalue weighted by Crippen LogP contribution is 2.74. The van der Waals surface area contributed by atoms with Crippen LogP contribution in [-0.2, 0) is 23.8 Å². The molecule has 0 aromatic carbocycles. The Morgan fingerprint density at radius 3 is 2.67 bits per heavy atom. The number of epoxide rings is 2. The standard InChI is InChI=1S/C20H24O7/c1-8(2)18-14(27-18)13(21)20(24)17(3)5-4-9-10(7-25-15(9)22)11(17)6-12-19(20,26-12)16(18)23/h8,11-14,21,24H,4-7H2,1-3H3/t11-,12-,13-,14-,17-,18-,19+,20+/m0/s1. The molecule has 8 atom stereocenters. The third-order valence-electron chi connectivity index (χ3n) is 8.64. The first-order valence-corrected chi connectivity index (χ1v) is 9.86. The maximum Gasteiger partial charge on any atom is 0.334 e. The van der Waals surface area contributed by atoms with Gasteiger partial charge in [-0.3, -0.25) is 4.79 Å². The minimum absolute atomic E-state index is 0.111. The monoisotopic (exact) mass is 376 g/mol. The van der Waals surface area contributed by atoms with E-state index in [4.69, 9.17) is 14.2 Å². The van der Waals surface area contributed by atoms with Gasteiger partial charge in [0.25, 0.3) is 0 Å². The molecule has 27 heavy (non-hydrogen) atoms. The molecule has 3 heterocycles. The van der Waals surface area contributed by atoms with Crippen LogP contribution in [-0.4, -0.2) is 63.7 Å². The topological polar surface area (TPSA) is 109 Å². The van der Waals surface area contributed by atoms with Crippen LogP contribution in [0.2, 0.25) is 0 Å². The summed E-state index contributed by atoms with van der Waals surface area (Å²) in [7, 11) is 0. The second kappa shape index (κ2) is 4.32. The van der Waals surface area contributed by atoms with Crippen LogP contribution in [0.3, 0.4) is 0 Å². The number of aliphatic hydroxyl groups is 2. The average Bonchev–Trinajstić information content (AvgIpc) is 3.50. The predicted octanol–water partition coefficient (Wildman–Crippen LogP) is 0.266. The number of cyclic esters (lactones) is 1. The number of Topliss-reactive ketones (excluding diaryl/α,β-unsaturated/α-hetero) is 1. The highest BCUT2D eigenvalue weighted by Gasteiger charge is 2.93. The van der Waals surface area contributed by atoms with E-state index in [1.165, 1.54) is 0 Å². The summed E-state index contributed by atoms with van der Waals surface area (Å²) in [6, 6.07) is 0. The minimum Gasteiger partial charge on any atom is -0.458 e. The Labute approximate surface area is 156 Å². The van der Waals surface area contributed by atoms with Crippen molar-refractivity contribution in [3.63, 3.8) is 0 Å². The Morgan fingerprint density at radius 1 is 1.22 bits per heavy atom. The van der Waals surface area contributed by atoms with Gasteiger partial charge in [0.2, 0.25) is 5.78 Å².